The number of rotatable bonds is 11. The third kappa shape index (κ3) is 7.33. The molecule has 13 atom stereocenters. The molecule has 3 aliphatic carbocycles. The topological polar surface area (TPSA) is 194 Å². The van der Waals surface area contributed by atoms with Crippen molar-refractivity contribution in [3.63, 3.8) is 0 Å². The second-order valence-corrected chi connectivity index (χ2v) is 20.6. The summed E-state index contributed by atoms with van der Waals surface area (Å²) in [6.45, 7) is 26.8. The number of Topliss-reactive ketones (excluding diaryl/α,β-unsaturated/α-hetero) is 2. The van der Waals surface area contributed by atoms with Crippen LogP contribution in [0.25, 0.3) is 10.9 Å². The Kier molecular flexibility index (Phi) is 12.1. The highest BCUT2D eigenvalue weighted by molar-refractivity contribution is 6.10. The SMILES string of the molecule is [C-]#[N+]C(C#N)C1C2CC3C(C)(C)OC(C/C=C(/C)C(=O)OC)(C2=O)C32Oc3c(CC=C(C)C)c4c(c(O[C@@H]5O[C@@H]6COC(C)(C)O[C@H]6[C@H](O)[C@H]5O)c3C(=O)C12)C=CC(C)(CCC=C(C)C)O4. The molecule has 9 rings (SSSR count). The monoisotopic (exact) mass is 910 g/mol. The largest absolute Gasteiger partial charge is 0.482 e. The van der Waals surface area contributed by atoms with E-state index in [2.05, 4.69) is 17.0 Å². The molecule has 4 bridgehead atoms. The van der Waals surface area contributed by atoms with Crippen LogP contribution in [0.1, 0.15) is 116 Å². The average Bonchev–Trinajstić information content (AvgIpc) is 3.39. The molecule has 1 aromatic rings. The zero-order chi connectivity index (χ0) is 48.1. The molecule has 8 aliphatic rings. The van der Waals surface area contributed by atoms with Crippen molar-refractivity contribution in [3.05, 3.63) is 69.1 Å². The van der Waals surface area contributed by atoms with Crippen molar-refractivity contribution in [1.82, 2.24) is 0 Å². The number of allylic oxidation sites excluding steroid dienone is 4. The van der Waals surface area contributed by atoms with Crippen LogP contribution in [0.5, 0.6) is 17.2 Å². The van der Waals surface area contributed by atoms with Crippen molar-refractivity contribution in [2.75, 3.05) is 13.7 Å². The van der Waals surface area contributed by atoms with E-state index in [4.69, 9.17) is 44.5 Å². The van der Waals surface area contributed by atoms with Crippen LogP contribution in [-0.2, 0) is 39.7 Å². The smallest absolute Gasteiger partial charge is 0.333 e. The number of methoxy groups -OCH3 is 1. The number of nitrogens with zero attached hydrogens (tertiary/aromatic N) is 2. The molecule has 2 N–H and O–H groups in total. The Bertz CT molecular complexity index is 2410. The quantitative estimate of drug-likeness (QED) is 0.103. The highest BCUT2D eigenvalue weighted by Gasteiger charge is 2.86. The van der Waals surface area contributed by atoms with Gasteiger partial charge in [0.2, 0.25) is 6.29 Å². The van der Waals surface area contributed by atoms with Gasteiger partial charge in [-0.25, -0.2) is 11.4 Å². The summed E-state index contributed by atoms with van der Waals surface area (Å²) in [7, 11) is 1.26. The maximum absolute atomic E-state index is 16.4. The fourth-order valence-electron chi connectivity index (χ4n) is 11.8. The Morgan fingerprint density at radius 3 is 2.39 bits per heavy atom. The van der Waals surface area contributed by atoms with E-state index < -0.39 is 106 Å². The molecule has 0 amide bonds. The van der Waals surface area contributed by atoms with E-state index >= 15 is 9.59 Å². The van der Waals surface area contributed by atoms with E-state index in [9.17, 15) is 20.3 Å². The summed E-state index contributed by atoms with van der Waals surface area (Å²) in [5.74, 6) is -6.33. The van der Waals surface area contributed by atoms with Crippen LogP contribution in [0.2, 0.25) is 0 Å². The predicted octanol–water partition coefficient (Wildman–Crippen LogP) is 6.72. The predicted molar refractivity (Wildman–Crippen MR) is 238 cm³/mol. The molecule has 3 saturated carbocycles. The third-order valence-electron chi connectivity index (χ3n) is 14.8. The molecule has 3 saturated heterocycles. The maximum atomic E-state index is 16.4. The first-order valence-electron chi connectivity index (χ1n) is 22.9. The van der Waals surface area contributed by atoms with E-state index in [1.807, 2.05) is 66.7 Å². The number of ether oxygens (including phenoxy) is 8. The van der Waals surface area contributed by atoms with Crippen molar-refractivity contribution < 1.29 is 62.5 Å². The van der Waals surface area contributed by atoms with Gasteiger partial charge in [-0.15, -0.1) is 0 Å². The summed E-state index contributed by atoms with van der Waals surface area (Å²) in [4.78, 5) is 48.3. The second kappa shape index (κ2) is 16.7. The molecule has 354 valence electrons. The molecule has 15 nitrogen and oxygen atoms in total. The van der Waals surface area contributed by atoms with Crippen LogP contribution >= 0.6 is 0 Å². The summed E-state index contributed by atoms with van der Waals surface area (Å²) < 4.78 is 51.7. The molecule has 1 spiro atoms. The van der Waals surface area contributed by atoms with Crippen molar-refractivity contribution in [2.45, 2.75) is 166 Å². The Balaban J connectivity index is 1.40. The first-order chi connectivity index (χ1) is 31.0. The molecule has 15 heteroatoms. The lowest BCUT2D eigenvalue weighted by Gasteiger charge is -2.62. The lowest BCUT2D eigenvalue weighted by Crippen LogP contribution is -2.79. The Labute approximate surface area is 386 Å². The fraction of sp³-hybridized carbons (Fsp3) is 0.627. The van der Waals surface area contributed by atoms with E-state index in [1.54, 1.807) is 26.8 Å². The number of aliphatic hydroxyl groups is 2. The zero-order valence-electron chi connectivity index (χ0n) is 39.7. The fourth-order valence-corrected chi connectivity index (χ4v) is 11.8. The molecule has 5 aliphatic heterocycles. The first-order valence-corrected chi connectivity index (χ1v) is 22.9. The molecular formula is C51H62N2O13. The van der Waals surface area contributed by atoms with Crippen LogP contribution < -0.4 is 14.2 Å². The number of ketones is 2. The number of hydrogen-bond donors (Lipinski definition) is 2. The van der Waals surface area contributed by atoms with Crippen LogP contribution in [-0.4, -0.2) is 106 Å². The number of carbonyl (C=O) groups is 3. The van der Waals surface area contributed by atoms with Gasteiger partial charge in [0, 0.05) is 29.4 Å². The van der Waals surface area contributed by atoms with Gasteiger partial charge >= 0.3 is 12.0 Å². The Morgan fingerprint density at radius 1 is 1.03 bits per heavy atom. The van der Waals surface area contributed by atoms with Crippen molar-refractivity contribution in [3.8, 4) is 23.3 Å². The second-order valence-electron chi connectivity index (χ2n) is 20.6. The summed E-state index contributed by atoms with van der Waals surface area (Å²) in [6, 6.07) is 0.677. The number of carbonyl (C=O) groups excluding carboxylic acids is 3. The van der Waals surface area contributed by atoms with E-state index in [-0.39, 0.29) is 48.5 Å². The molecule has 6 fully saturated rings. The van der Waals surface area contributed by atoms with Gasteiger partial charge < -0.3 is 48.1 Å². The van der Waals surface area contributed by atoms with E-state index in [1.165, 1.54) is 7.11 Å². The minimum absolute atomic E-state index is 0.00523. The van der Waals surface area contributed by atoms with E-state index in [0.29, 0.717) is 29.7 Å². The normalized spacial score (nSPS) is 36.7. The number of aliphatic hydroxyl groups excluding tert-OH is 2. The molecule has 0 radical (unpaired) electrons. The van der Waals surface area contributed by atoms with Gasteiger partial charge in [0.1, 0.15) is 52.8 Å². The van der Waals surface area contributed by atoms with Crippen LogP contribution in [0.4, 0.5) is 0 Å². The van der Waals surface area contributed by atoms with Crippen LogP contribution in [0.15, 0.2) is 41.0 Å². The highest BCUT2D eigenvalue weighted by Crippen LogP contribution is 2.72. The van der Waals surface area contributed by atoms with Crippen LogP contribution in [0.3, 0.4) is 0 Å². The zero-order valence-corrected chi connectivity index (χ0v) is 39.7. The molecule has 5 heterocycles. The van der Waals surface area contributed by atoms with Gasteiger partial charge in [0.05, 0.1) is 36.7 Å². The van der Waals surface area contributed by atoms with Gasteiger partial charge in [-0.05, 0) is 107 Å². The van der Waals surface area contributed by atoms with Gasteiger partial charge in [-0.1, -0.05) is 29.4 Å². The Morgan fingerprint density at radius 2 is 1.74 bits per heavy atom. The standard InChI is InChI=1S/C51H62N2O13/c1-25(2)14-13-19-49(10)20-18-29-40(64-49)28(16-15-26(3)4)42-35(41(29)62-46-39(56)38(55)43-32(61-46)24-60-48(8,9)63-43)37(54)36-34(31(23-52)53-11)30-22-33-47(6,7)66-50(44(30)57,51(33,36)65-42)21-17-27(5)45(58)59-12/h14-15,17-18,20,30-34,36,38-39,43,46,55-56H,13,16,19,21-22,24H2,1-10,12H3/b27-17-/t30?,31?,32-,33?,34?,36?,38-,39-,43-,46+,49?,50?,51?/m1/s1. The number of fused-ring (bicyclic) bond motifs is 3. The Hall–Kier alpha value is -4.87. The summed E-state index contributed by atoms with van der Waals surface area (Å²) in [5.41, 5.74) is -2.50. The first kappa shape index (κ1) is 47.6. The van der Waals surface area contributed by atoms with Crippen molar-refractivity contribution in [2.24, 2.45) is 23.7 Å². The minimum Gasteiger partial charge on any atom is -0.482 e. The lowest BCUT2D eigenvalue weighted by atomic mass is 9.42. The van der Waals surface area contributed by atoms with Gasteiger partial charge in [0.15, 0.2) is 34.6 Å². The highest BCUT2D eigenvalue weighted by atomic mass is 16.8. The van der Waals surface area contributed by atoms with Gasteiger partial charge in [0.25, 0.3) is 0 Å². The van der Waals surface area contributed by atoms with Crippen molar-refractivity contribution in [1.29, 1.82) is 5.26 Å². The summed E-state index contributed by atoms with van der Waals surface area (Å²) in [5, 5.41) is 33.9. The lowest BCUT2D eigenvalue weighted by molar-refractivity contribution is -0.373. The molecule has 8 unspecified atom stereocenters. The van der Waals surface area contributed by atoms with Crippen molar-refractivity contribution >= 4 is 23.6 Å². The third-order valence-corrected chi connectivity index (χ3v) is 14.8. The molecule has 0 aromatic heterocycles. The minimum atomic E-state index is -1.86. The molecule has 1 aromatic carbocycles. The summed E-state index contributed by atoms with van der Waals surface area (Å²) in [6.07, 6.45) is 4.32. The number of hydrogen-bond acceptors (Lipinski definition) is 14. The van der Waals surface area contributed by atoms with E-state index in [0.717, 1.165) is 11.1 Å². The summed E-state index contributed by atoms with van der Waals surface area (Å²) >= 11 is 0. The molecule has 66 heavy (non-hydrogen) atoms. The van der Waals surface area contributed by atoms with Gasteiger partial charge in [-0.2, -0.15) is 5.26 Å². The number of benzene rings is 1. The maximum Gasteiger partial charge on any atom is 0.333 e. The van der Waals surface area contributed by atoms with Gasteiger partial charge in [-0.3, -0.25) is 14.4 Å². The number of nitriles is 1. The average molecular weight is 911 g/mol. The van der Waals surface area contributed by atoms with Crippen LogP contribution in [0, 0.1) is 41.6 Å². The number of esters is 1. The molecular weight excluding hydrogens is 849 g/mol.